The van der Waals surface area contributed by atoms with Crippen molar-refractivity contribution in [3.8, 4) is 0 Å². The van der Waals surface area contributed by atoms with Gasteiger partial charge in [0, 0.05) is 13.0 Å². The summed E-state index contributed by atoms with van der Waals surface area (Å²) < 4.78 is 10.9. The van der Waals surface area contributed by atoms with Crippen molar-refractivity contribution in [3.63, 3.8) is 0 Å². The van der Waals surface area contributed by atoms with E-state index in [-0.39, 0.29) is 6.10 Å². The van der Waals surface area contributed by atoms with Gasteiger partial charge in [-0.3, -0.25) is 0 Å². The van der Waals surface area contributed by atoms with E-state index >= 15 is 0 Å². The van der Waals surface area contributed by atoms with Gasteiger partial charge < -0.3 is 14.6 Å². The van der Waals surface area contributed by atoms with E-state index in [0.717, 1.165) is 18.8 Å². The van der Waals surface area contributed by atoms with Gasteiger partial charge >= 0.3 is 0 Å². The molecule has 0 aromatic carbocycles. The molecule has 0 amide bonds. The van der Waals surface area contributed by atoms with E-state index in [2.05, 4.69) is 6.92 Å². The minimum atomic E-state index is 0.0214. The van der Waals surface area contributed by atoms with E-state index < -0.39 is 0 Å². The molecule has 1 saturated heterocycles. The van der Waals surface area contributed by atoms with E-state index in [1.165, 1.54) is 57.8 Å². The van der Waals surface area contributed by atoms with E-state index in [9.17, 15) is 5.11 Å². The fourth-order valence-electron chi connectivity index (χ4n) is 2.54. The molecule has 3 heteroatoms. The minimum Gasteiger partial charge on any atom is -0.509 e. The molecule has 3 nitrogen and oxygen atoms in total. The van der Waals surface area contributed by atoms with Crippen molar-refractivity contribution in [2.75, 3.05) is 13.2 Å². The average Bonchev–Trinajstić information content (AvgIpc) is 3.27. The molecule has 1 aliphatic heterocycles. The summed E-state index contributed by atoms with van der Waals surface area (Å²) in [6.07, 6.45) is 14.1. The molecule has 0 spiro atoms. The third-order valence-corrected chi connectivity index (χ3v) is 4.04. The van der Waals surface area contributed by atoms with Gasteiger partial charge in [-0.1, -0.05) is 71.6 Å². The summed E-state index contributed by atoms with van der Waals surface area (Å²) in [5, 5.41) is 9.46. The third kappa shape index (κ3) is 9.02. The summed E-state index contributed by atoms with van der Waals surface area (Å²) in [5.74, 6) is 1.11. The molecule has 0 aromatic heterocycles. The highest BCUT2D eigenvalue weighted by Crippen LogP contribution is 2.30. The zero-order valence-corrected chi connectivity index (χ0v) is 14.0. The lowest BCUT2D eigenvalue weighted by Gasteiger charge is -2.03. The topological polar surface area (TPSA) is 42.0 Å². The van der Waals surface area contributed by atoms with Crippen molar-refractivity contribution in [1.29, 1.82) is 0 Å². The first-order chi connectivity index (χ1) is 10.3. The summed E-state index contributed by atoms with van der Waals surface area (Å²) in [6, 6.07) is 0. The molecule has 0 bridgehead atoms. The second kappa shape index (κ2) is 11.9. The van der Waals surface area contributed by atoms with Crippen LogP contribution in [0.1, 0.15) is 84.5 Å². The number of ether oxygens (including phenoxy) is 2. The normalized spacial score (nSPS) is 19.4. The first-order valence-corrected chi connectivity index (χ1v) is 8.96. The van der Waals surface area contributed by atoms with Crippen LogP contribution in [-0.4, -0.2) is 24.4 Å². The van der Waals surface area contributed by atoms with Crippen LogP contribution in [0.4, 0.5) is 0 Å². The van der Waals surface area contributed by atoms with Gasteiger partial charge in [-0.15, -0.1) is 0 Å². The largest absolute Gasteiger partial charge is 0.509 e. The van der Waals surface area contributed by atoms with Crippen molar-refractivity contribution in [3.05, 3.63) is 11.5 Å². The van der Waals surface area contributed by atoms with E-state index in [4.69, 9.17) is 9.47 Å². The minimum absolute atomic E-state index is 0.0214. The van der Waals surface area contributed by atoms with E-state index in [1.807, 2.05) is 6.92 Å². The maximum Gasteiger partial charge on any atom is 0.182 e. The maximum atomic E-state index is 9.46. The summed E-state index contributed by atoms with van der Waals surface area (Å²) in [5.41, 5.74) is 0. The fourth-order valence-corrected chi connectivity index (χ4v) is 2.54. The number of hydrogen-bond donors (Lipinski definition) is 1. The van der Waals surface area contributed by atoms with Crippen molar-refractivity contribution in [2.24, 2.45) is 0 Å². The van der Waals surface area contributed by atoms with Gasteiger partial charge in [0.1, 0.15) is 5.76 Å². The summed E-state index contributed by atoms with van der Waals surface area (Å²) in [7, 11) is 0. The summed E-state index contributed by atoms with van der Waals surface area (Å²) in [6.45, 7) is 5.60. The highest BCUT2D eigenvalue weighted by atomic mass is 16.6. The van der Waals surface area contributed by atoms with Crippen molar-refractivity contribution in [1.82, 2.24) is 0 Å². The number of aliphatic hydroxyl groups is 1. The Bertz CT molecular complexity index is 286. The Morgan fingerprint density at radius 3 is 2.10 bits per heavy atom. The molecule has 1 rings (SSSR count). The van der Waals surface area contributed by atoms with Crippen LogP contribution in [-0.2, 0) is 9.47 Å². The molecule has 1 aliphatic rings. The Morgan fingerprint density at radius 1 is 0.952 bits per heavy atom. The van der Waals surface area contributed by atoms with Crippen LogP contribution < -0.4 is 0 Å². The smallest absolute Gasteiger partial charge is 0.182 e. The second-order valence-electron chi connectivity index (χ2n) is 6.03. The van der Waals surface area contributed by atoms with Gasteiger partial charge in [-0.2, -0.15) is 0 Å². The molecular formula is C18H34O3. The molecule has 1 unspecified atom stereocenters. The molecule has 0 saturated carbocycles. The molecule has 1 atom stereocenters. The van der Waals surface area contributed by atoms with Crippen LogP contribution in [0.5, 0.6) is 0 Å². The molecule has 124 valence electrons. The first kappa shape index (κ1) is 18.3. The molecule has 1 heterocycles. The van der Waals surface area contributed by atoms with Crippen molar-refractivity contribution in [2.45, 2.75) is 90.6 Å². The number of aliphatic hydroxyl groups excluding tert-OH is 1. The number of unbranched alkanes of at least 4 members (excludes halogenated alkanes) is 9. The molecule has 0 radical (unpaired) electrons. The van der Waals surface area contributed by atoms with Gasteiger partial charge in [-0.05, 0) is 6.42 Å². The van der Waals surface area contributed by atoms with Gasteiger partial charge in [-0.25, -0.2) is 0 Å². The van der Waals surface area contributed by atoms with Crippen molar-refractivity contribution >= 4 is 0 Å². The molecule has 21 heavy (non-hydrogen) atoms. The Morgan fingerprint density at radius 2 is 1.52 bits per heavy atom. The number of hydrogen-bond acceptors (Lipinski definition) is 3. The summed E-state index contributed by atoms with van der Waals surface area (Å²) in [4.78, 5) is 0. The first-order valence-electron chi connectivity index (χ1n) is 8.96. The van der Waals surface area contributed by atoms with E-state index in [0.29, 0.717) is 18.8 Å². The predicted octanol–water partition coefficient (Wildman–Crippen LogP) is 5.50. The second-order valence-corrected chi connectivity index (χ2v) is 6.03. The Hall–Kier alpha value is -0.700. The number of epoxide rings is 1. The molecule has 1 N–H and O–H groups in total. The summed E-state index contributed by atoms with van der Waals surface area (Å²) >= 11 is 0. The van der Waals surface area contributed by atoms with Crippen LogP contribution in [0.3, 0.4) is 0 Å². The number of rotatable bonds is 14. The van der Waals surface area contributed by atoms with Crippen molar-refractivity contribution < 1.29 is 14.6 Å². The quantitative estimate of drug-likeness (QED) is 0.261. The fraction of sp³-hybridized carbons (Fsp3) is 0.889. The lowest BCUT2D eigenvalue weighted by atomic mass is 10.1. The highest BCUT2D eigenvalue weighted by molar-refractivity contribution is 5.17. The average molecular weight is 298 g/mol. The zero-order valence-electron chi connectivity index (χ0n) is 14.0. The Kier molecular flexibility index (Phi) is 10.4. The van der Waals surface area contributed by atoms with Crippen LogP contribution in [0.2, 0.25) is 0 Å². The predicted molar refractivity (Wildman–Crippen MR) is 87.5 cm³/mol. The van der Waals surface area contributed by atoms with Gasteiger partial charge in [0.2, 0.25) is 0 Å². The SMILES string of the molecule is CCCCCCCCCCCCOCC1O/C1=C(/O)CC. The maximum absolute atomic E-state index is 9.46. The van der Waals surface area contributed by atoms with Crippen LogP contribution in [0.25, 0.3) is 0 Å². The molecule has 0 aromatic rings. The van der Waals surface area contributed by atoms with Crippen LogP contribution >= 0.6 is 0 Å². The monoisotopic (exact) mass is 298 g/mol. The Labute approximate surface area is 130 Å². The van der Waals surface area contributed by atoms with Gasteiger partial charge in [0.25, 0.3) is 0 Å². The van der Waals surface area contributed by atoms with Crippen LogP contribution in [0.15, 0.2) is 11.5 Å². The lowest BCUT2D eigenvalue weighted by Crippen LogP contribution is -2.02. The van der Waals surface area contributed by atoms with E-state index in [1.54, 1.807) is 0 Å². The Balaban J connectivity index is 1.76. The molecule has 0 aliphatic carbocycles. The number of allylic oxidation sites excluding steroid dienone is 1. The lowest BCUT2D eigenvalue weighted by molar-refractivity contribution is 0.113. The zero-order chi connectivity index (χ0) is 15.3. The molecule has 1 fully saturated rings. The highest BCUT2D eigenvalue weighted by Gasteiger charge is 2.36. The third-order valence-electron chi connectivity index (χ3n) is 4.04. The standard InChI is InChI=1S/C18H34O3/c1-3-5-6-7-8-9-10-11-12-13-14-20-15-17-18(21-17)16(19)4-2/h17,19H,3-15H2,1-2H3/b18-16+. The van der Waals surface area contributed by atoms with Crippen LogP contribution in [0, 0.1) is 0 Å². The van der Waals surface area contributed by atoms with Gasteiger partial charge in [0.15, 0.2) is 11.9 Å². The molecular weight excluding hydrogens is 264 g/mol. The van der Waals surface area contributed by atoms with Gasteiger partial charge in [0.05, 0.1) is 6.61 Å².